The first-order chi connectivity index (χ1) is 11.6. The molecule has 0 aliphatic rings. The molecule has 0 amide bonds. The summed E-state index contributed by atoms with van der Waals surface area (Å²) in [6.07, 6.45) is 1.76. The van der Waals surface area contributed by atoms with Gasteiger partial charge in [-0.15, -0.1) is 0 Å². The van der Waals surface area contributed by atoms with Crippen molar-refractivity contribution in [2.75, 3.05) is 5.75 Å². The number of halogens is 2. The van der Waals surface area contributed by atoms with Gasteiger partial charge in [-0.1, -0.05) is 47.6 Å². The summed E-state index contributed by atoms with van der Waals surface area (Å²) >= 11 is 6.92. The molecule has 0 atom stereocenters. The number of aromatic nitrogens is 2. The van der Waals surface area contributed by atoms with Crippen LogP contribution in [0.1, 0.15) is 5.56 Å². The third-order valence-electron chi connectivity index (χ3n) is 3.56. The molecule has 2 aromatic carbocycles. The number of hydrogen-bond acceptors (Lipinski definition) is 3. The molecule has 6 heteroatoms. The van der Waals surface area contributed by atoms with E-state index < -0.39 is 0 Å². The fourth-order valence-electron chi connectivity index (χ4n) is 2.32. The lowest BCUT2D eigenvalue weighted by Crippen LogP contribution is -2.22. The molecule has 0 saturated carbocycles. The number of fused-ring (bicyclic) bond motifs is 1. The van der Waals surface area contributed by atoms with E-state index in [1.165, 1.54) is 27.9 Å². The third-order valence-corrected chi connectivity index (χ3v) is 4.63. The second kappa shape index (κ2) is 7.20. The van der Waals surface area contributed by atoms with Crippen molar-refractivity contribution < 1.29 is 4.39 Å². The summed E-state index contributed by atoms with van der Waals surface area (Å²) < 4.78 is 15.4. The van der Waals surface area contributed by atoms with Gasteiger partial charge in [0.05, 0.1) is 16.6 Å². The molecule has 1 heterocycles. The van der Waals surface area contributed by atoms with Crippen LogP contribution in [0.5, 0.6) is 0 Å². The fourth-order valence-corrected chi connectivity index (χ4v) is 3.33. The topological polar surface area (TPSA) is 34.9 Å². The Morgan fingerprint density at radius 1 is 1.29 bits per heavy atom. The molecule has 0 saturated heterocycles. The molecule has 0 spiro atoms. The van der Waals surface area contributed by atoms with E-state index in [9.17, 15) is 9.18 Å². The predicted molar refractivity (Wildman–Crippen MR) is 97.8 cm³/mol. The average molecular weight is 361 g/mol. The van der Waals surface area contributed by atoms with Crippen molar-refractivity contribution in [1.29, 1.82) is 0 Å². The number of aryl methyl sites for hydroxylation is 1. The molecule has 3 nitrogen and oxygen atoms in total. The van der Waals surface area contributed by atoms with E-state index in [-0.39, 0.29) is 11.4 Å². The van der Waals surface area contributed by atoms with Crippen molar-refractivity contribution >= 4 is 34.3 Å². The van der Waals surface area contributed by atoms with Gasteiger partial charge in [-0.25, -0.2) is 9.37 Å². The molecule has 0 aliphatic heterocycles. The minimum atomic E-state index is -0.357. The largest absolute Gasteiger partial charge is 0.268 e. The molecule has 3 aromatic rings. The molecule has 0 unspecified atom stereocenters. The average Bonchev–Trinajstić information content (AvgIpc) is 2.58. The van der Waals surface area contributed by atoms with Gasteiger partial charge in [0.2, 0.25) is 0 Å². The highest BCUT2D eigenvalue weighted by molar-refractivity contribution is 7.99. The number of rotatable bonds is 4. The van der Waals surface area contributed by atoms with E-state index in [2.05, 4.69) is 4.98 Å². The first-order valence-corrected chi connectivity index (χ1v) is 8.70. The molecule has 3 rings (SSSR count). The predicted octanol–water partition coefficient (Wildman–Crippen LogP) is 4.68. The van der Waals surface area contributed by atoms with Crippen molar-refractivity contribution in [1.82, 2.24) is 9.55 Å². The normalized spacial score (nSPS) is 11.5. The number of benzene rings is 2. The number of thioether (sulfide) groups is 1. The molecular formula is C18H14ClFN2OS. The van der Waals surface area contributed by atoms with Crippen molar-refractivity contribution in [3.8, 4) is 5.69 Å². The molecule has 122 valence electrons. The zero-order valence-electron chi connectivity index (χ0n) is 12.9. The van der Waals surface area contributed by atoms with Crippen LogP contribution < -0.4 is 5.56 Å². The monoisotopic (exact) mass is 360 g/mol. The molecule has 1 aromatic heterocycles. The van der Waals surface area contributed by atoms with Crippen LogP contribution in [-0.4, -0.2) is 15.3 Å². The Morgan fingerprint density at radius 3 is 2.83 bits per heavy atom. The van der Waals surface area contributed by atoms with E-state index in [4.69, 9.17) is 11.6 Å². The van der Waals surface area contributed by atoms with Crippen LogP contribution in [0.15, 0.2) is 64.0 Å². The van der Waals surface area contributed by atoms with Gasteiger partial charge in [-0.05, 0) is 36.8 Å². The molecule has 0 radical (unpaired) electrons. The summed E-state index contributed by atoms with van der Waals surface area (Å²) in [4.78, 5) is 17.5. The first-order valence-electron chi connectivity index (χ1n) is 7.28. The summed E-state index contributed by atoms with van der Waals surface area (Å²) in [5.41, 5.74) is 2.80. The zero-order valence-corrected chi connectivity index (χ0v) is 14.4. The Bertz CT molecular complexity index is 984. The fraction of sp³-hybridized carbons (Fsp3) is 0.111. The van der Waals surface area contributed by atoms with Gasteiger partial charge in [-0.3, -0.25) is 9.36 Å². The summed E-state index contributed by atoms with van der Waals surface area (Å²) in [7, 11) is 0. The van der Waals surface area contributed by atoms with Gasteiger partial charge in [0.25, 0.3) is 5.56 Å². The first kappa shape index (κ1) is 16.7. The smallest absolute Gasteiger partial charge is 0.266 e. The number of hydrogen-bond donors (Lipinski definition) is 0. The quantitative estimate of drug-likeness (QED) is 0.500. The molecule has 0 bridgehead atoms. The zero-order chi connectivity index (χ0) is 17.1. The minimum absolute atomic E-state index is 0.221. The second-order valence-corrected chi connectivity index (χ2v) is 6.40. The highest BCUT2D eigenvalue weighted by Gasteiger charge is 2.13. The van der Waals surface area contributed by atoms with Crippen LogP contribution >= 0.6 is 23.4 Å². The van der Waals surface area contributed by atoms with Gasteiger partial charge in [0, 0.05) is 11.3 Å². The maximum Gasteiger partial charge on any atom is 0.266 e. The molecule has 0 N–H and O–H groups in total. The Labute approximate surface area is 147 Å². The standard InChI is InChI=1S/C18H14ClFN2OS/c1-12-7-8-13(11-15(12)20)22-17(23)14-5-2-3-6-16(14)21-18(22)24-10-4-9-19/h2-9,11H,10H2,1H3/b9-4+. The lowest BCUT2D eigenvalue weighted by molar-refractivity contribution is 0.616. The van der Waals surface area contributed by atoms with Crippen molar-refractivity contribution in [3.05, 3.63) is 75.8 Å². The van der Waals surface area contributed by atoms with Gasteiger partial charge >= 0.3 is 0 Å². The van der Waals surface area contributed by atoms with E-state index >= 15 is 0 Å². The Balaban J connectivity index is 2.25. The maximum absolute atomic E-state index is 14.0. The Morgan fingerprint density at radius 2 is 2.08 bits per heavy atom. The SMILES string of the molecule is Cc1ccc(-n2c(SC/C=C/Cl)nc3ccccc3c2=O)cc1F. The third kappa shape index (κ3) is 3.23. The lowest BCUT2D eigenvalue weighted by atomic mass is 10.2. The highest BCUT2D eigenvalue weighted by atomic mass is 35.5. The lowest BCUT2D eigenvalue weighted by Gasteiger charge is -2.13. The van der Waals surface area contributed by atoms with E-state index in [1.54, 1.807) is 43.3 Å². The Hall–Kier alpha value is -2.11. The maximum atomic E-state index is 14.0. The summed E-state index contributed by atoms with van der Waals surface area (Å²) in [6, 6.07) is 11.9. The van der Waals surface area contributed by atoms with Crippen LogP contribution in [-0.2, 0) is 0 Å². The second-order valence-electron chi connectivity index (χ2n) is 5.16. The van der Waals surface area contributed by atoms with Crippen LogP contribution in [0.3, 0.4) is 0 Å². The number of nitrogens with zero attached hydrogens (tertiary/aromatic N) is 2. The van der Waals surface area contributed by atoms with Crippen molar-refractivity contribution in [3.63, 3.8) is 0 Å². The molecule has 24 heavy (non-hydrogen) atoms. The van der Waals surface area contributed by atoms with E-state index in [0.717, 1.165) is 0 Å². The van der Waals surface area contributed by atoms with Gasteiger partial charge in [0.1, 0.15) is 5.82 Å². The molecule has 0 aliphatic carbocycles. The van der Waals surface area contributed by atoms with Gasteiger partial charge in [-0.2, -0.15) is 0 Å². The van der Waals surface area contributed by atoms with Crippen molar-refractivity contribution in [2.45, 2.75) is 12.1 Å². The minimum Gasteiger partial charge on any atom is -0.268 e. The number of para-hydroxylation sites is 1. The van der Waals surface area contributed by atoms with Gasteiger partial charge in [0.15, 0.2) is 5.16 Å². The highest BCUT2D eigenvalue weighted by Crippen LogP contribution is 2.22. The summed E-state index contributed by atoms with van der Waals surface area (Å²) in [5, 5.41) is 0.993. The van der Waals surface area contributed by atoms with E-state index in [1.807, 2.05) is 6.07 Å². The summed E-state index contributed by atoms with van der Waals surface area (Å²) in [6.45, 7) is 1.68. The Kier molecular flexibility index (Phi) is 5.02. The van der Waals surface area contributed by atoms with Crippen LogP contribution in [0.4, 0.5) is 4.39 Å². The van der Waals surface area contributed by atoms with Crippen LogP contribution in [0, 0.1) is 12.7 Å². The molecular weight excluding hydrogens is 347 g/mol. The molecule has 0 fully saturated rings. The summed E-state index contributed by atoms with van der Waals surface area (Å²) in [5.74, 6) is 0.201. The van der Waals surface area contributed by atoms with Crippen LogP contribution in [0.2, 0.25) is 0 Å². The van der Waals surface area contributed by atoms with E-state index in [0.29, 0.717) is 33.1 Å². The van der Waals surface area contributed by atoms with Crippen molar-refractivity contribution in [2.24, 2.45) is 0 Å². The van der Waals surface area contributed by atoms with Crippen LogP contribution in [0.25, 0.3) is 16.6 Å². The van der Waals surface area contributed by atoms with Gasteiger partial charge < -0.3 is 0 Å².